The highest BCUT2D eigenvalue weighted by Gasteiger charge is 2.28. The van der Waals surface area contributed by atoms with Gasteiger partial charge in [0.15, 0.2) is 6.04 Å². The van der Waals surface area contributed by atoms with Crippen molar-refractivity contribution < 1.29 is 27.5 Å². The summed E-state index contributed by atoms with van der Waals surface area (Å²) < 4.78 is 37.9. The van der Waals surface area contributed by atoms with Crippen LogP contribution in [0.2, 0.25) is 0 Å². The van der Waals surface area contributed by atoms with Gasteiger partial charge < -0.3 is 14.8 Å². The molecule has 9 heteroatoms. The first-order valence-electron chi connectivity index (χ1n) is 9.67. The van der Waals surface area contributed by atoms with Gasteiger partial charge in [-0.15, -0.1) is 0 Å². The third-order valence-corrected chi connectivity index (χ3v) is 6.33. The van der Waals surface area contributed by atoms with E-state index in [1.807, 2.05) is 32.0 Å². The average Bonchev–Trinajstić information content (AvgIpc) is 2.70. The molecule has 1 amide bonds. The van der Waals surface area contributed by atoms with E-state index >= 15 is 0 Å². The number of rotatable bonds is 8. The average molecular weight is 449 g/mol. The van der Waals surface area contributed by atoms with Crippen molar-refractivity contribution in [2.75, 3.05) is 14.2 Å². The zero-order chi connectivity index (χ0) is 23.3. The first-order valence-corrected chi connectivity index (χ1v) is 11.1. The maximum atomic E-state index is 13.0. The molecule has 0 saturated carbocycles. The van der Waals surface area contributed by atoms with Crippen LogP contribution in [0.3, 0.4) is 0 Å². The normalized spacial score (nSPS) is 12.4. The van der Waals surface area contributed by atoms with Crippen molar-refractivity contribution in [3.63, 3.8) is 0 Å². The molecule has 1 atom stereocenters. The summed E-state index contributed by atoms with van der Waals surface area (Å²) in [6.45, 7) is 7.04. The first-order chi connectivity index (χ1) is 14.5. The molecule has 2 aromatic carbocycles. The van der Waals surface area contributed by atoms with Crippen molar-refractivity contribution in [2.45, 2.75) is 44.7 Å². The Morgan fingerprint density at radius 2 is 1.61 bits per heavy atom. The lowest BCUT2D eigenvalue weighted by atomic mass is 9.95. The lowest BCUT2D eigenvalue weighted by Crippen LogP contribution is -2.36. The van der Waals surface area contributed by atoms with Gasteiger partial charge in [0, 0.05) is 11.6 Å². The smallest absolute Gasteiger partial charge is 0.333 e. The number of amides is 1. The quantitative estimate of drug-likeness (QED) is 0.601. The topological polar surface area (TPSA) is 111 Å². The second-order valence-electron chi connectivity index (χ2n) is 7.38. The van der Waals surface area contributed by atoms with Crippen molar-refractivity contribution in [1.29, 1.82) is 0 Å². The van der Waals surface area contributed by atoms with Crippen LogP contribution < -0.4 is 14.8 Å². The largest absolute Gasteiger partial charge is 0.495 e. The predicted octanol–water partition coefficient (Wildman–Crippen LogP) is 2.64. The van der Waals surface area contributed by atoms with Crippen LogP contribution in [-0.2, 0) is 19.6 Å². The van der Waals surface area contributed by atoms with Crippen molar-refractivity contribution in [2.24, 2.45) is 0 Å². The van der Waals surface area contributed by atoms with Crippen LogP contribution in [0.25, 0.3) is 0 Å². The first kappa shape index (κ1) is 24.4. The van der Waals surface area contributed by atoms with Crippen LogP contribution >= 0.6 is 0 Å². The highest BCUT2D eigenvalue weighted by Crippen LogP contribution is 2.27. The minimum Gasteiger partial charge on any atom is -0.495 e. The highest BCUT2D eigenvalue weighted by molar-refractivity contribution is 7.89. The molecule has 0 radical (unpaired) electrons. The fourth-order valence-electron chi connectivity index (χ4n) is 3.27. The van der Waals surface area contributed by atoms with Crippen molar-refractivity contribution in [3.8, 4) is 5.75 Å². The Morgan fingerprint density at radius 3 is 2.13 bits per heavy atom. The Morgan fingerprint density at radius 1 is 1.00 bits per heavy atom. The predicted molar refractivity (Wildman–Crippen MR) is 117 cm³/mol. The Hall–Kier alpha value is -2.91. The van der Waals surface area contributed by atoms with Gasteiger partial charge in [0.1, 0.15) is 10.6 Å². The fraction of sp³-hybridized carbons (Fsp3) is 0.364. The molecule has 0 heterocycles. The third-order valence-electron chi connectivity index (χ3n) is 4.65. The summed E-state index contributed by atoms with van der Waals surface area (Å²) >= 11 is 0. The molecular weight excluding hydrogens is 420 g/mol. The molecule has 0 aliphatic heterocycles. The van der Waals surface area contributed by atoms with Crippen molar-refractivity contribution >= 4 is 21.9 Å². The van der Waals surface area contributed by atoms with Crippen molar-refractivity contribution in [3.05, 3.63) is 58.7 Å². The molecular formula is C22H28N2O6S. The lowest BCUT2D eigenvalue weighted by molar-refractivity contribution is -0.143. The van der Waals surface area contributed by atoms with Gasteiger partial charge in [-0.1, -0.05) is 18.2 Å². The van der Waals surface area contributed by atoms with E-state index in [0.717, 1.165) is 11.1 Å². The molecule has 0 unspecified atom stereocenters. The van der Waals surface area contributed by atoms with E-state index in [-0.39, 0.29) is 22.3 Å². The number of benzene rings is 2. The van der Waals surface area contributed by atoms with Crippen LogP contribution in [-0.4, -0.2) is 40.6 Å². The Bertz CT molecular complexity index is 1060. The van der Waals surface area contributed by atoms with Crippen LogP contribution in [0.4, 0.5) is 0 Å². The number of methoxy groups -OCH3 is 2. The molecule has 0 saturated heterocycles. The van der Waals surface area contributed by atoms with Crippen LogP contribution in [0, 0.1) is 13.8 Å². The second-order valence-corrected chi connectivity index (χ2v) is 9.06. The van der Waals surface area contributed by atoms with E-state index in [1.165, 1.54) is 32.4 Å². The standard InChI is InChI=1S/C22H28N2O6S/c1-13(2)24-31(27,28)18-12-16(10-11-17(18)29-5)21(25)23-20(22(26)30-6)19-14(3)8-7-9-15(19)4/h7-13,20,24H,1-6H3,(H,23,25)/t20-/m0/s1. The summed E-state index contributed by atoms with van der Waals surface area (Å²) in [5, 5.41) is 2.67. The van der Waals surface area contributed by atoms with Crippen LogP contribution in [0.5, 0.6) is 5.75 Å². The summed E-state index contributed by atoms with van der Waals surface area (Å²) in [5.74, 6) is -1.15. The second kappa shape index (κ2) is 9.93. The van der Waals surface area contributed by atoms with Crippen LogP contribution in [0.1, 0.15) is 46.9 Å². The SMILES string of the molecule is COC(=O)[C@@H](NC(=O)c1ccc(OC)c(S(=O)(=O)NC(C)C)c1)c1c(C)cccc1C. The summed E-state index contributed by atoms with van der Waals surface area (Å²) in [6, 6.07) is 8.18. The summed E-state index contributed by atoms with van der Waals surface area (Å²) in [5.41, 5.74) is 2.32. The maximum Gasteiger partial charge on any atom is 0.333 e. The molecule has 0 spiro atoms. The number of sulfonamides is 1. The molecule has 0 bridgehead atoms. The summed E-state index contributed by atoms with van der Waals surface area (Å²) in [7, 11) is -1.33. The molecule has 0 fully saturated rings. The van der Waals surface area contributed by atoms with E-state index < -0.39 is 27.9 Å². The zero-order valence-electron chi connectivity index (χ0n) is 18.5. The molecule has 8 nitrogen and oxygen atoms in total. The number of aryl methyl sites for hydroxylation is 2. The molecule has 0 aliphatic carbocycles. The molecule has 0 aromatic heterocycles. The van der Waals surface area contributed by atoms with E-state index in [0.29, 0.717) is 5.56 Å². The van der Waals surface area contributed by atoms with E-state index in [1.54, 1.807) is 13.8 Å². The van der Waals surface area contributed by atoms with Gasteiger partial charge in [0.2, 0.25) is 10.0 Å². The lowest BCUT2D eigenvalue weighted by Gasteiger charge is -2.21. The number of hydrogen-bond acceptors (Lipinski definition) is 6. The maximum absolute atomic E-state index is 13.0. The fourth-order valence-corrected chi connectivity index (χ4v) is 4.71. The Kier molecular flexibility index (Phi) is 7.80. The third kappa shape index (κ3) is 5.62. The number of carbonyl (C=O) groups is 2. The van der Waals surface area contributed by atoms with Crippen LogP contribution in [0.15, 0.2) is 41.3 Å². The van der Waals surface area contributed by atoms with Crippen molar-refractivity contribution in [1.82, 2.24) is 10.0 Å². The minimum atomic E-state index is -3.92. The molecule has 2 aromatic rings. The number of hydrogen-bond donors (Lipinski definition) is 2. The number of ether oxygens (including phenoxy) is 2. The monoisotopic (exact) mass is 448 g/mol. The van der Waals surface area contributed by atoms with E-state index in [2.05, 4.69) is 10.0 Å². The Balaban J connectivity index is 2.48. The van der Waals surface area contributed by atoms with E-state index in [4.69, 9.17) is 9.47 Å². The Labute approximate surface area is 183 Å². The summed E-state index contributed by atoms with van der Waals surface area (Å²) in [6.07, 6.45) is 0. The van der Waals surface area contributed by atoms with Gasteiger partial charge in [-0.05, 0) is 62.6 Å². The van der Waals surface area contributed by atoms with Gasteiger partial charge in [0.05, 0.1) is 14.2 Å². The number of carbonyl (C=O) groups excluding carboxylic acids is 2. The molecule has 168 valence electrons. The van der Waals surface area contributed by atoms with Gasteiger partial charge in [-0.3, -0.25) is 4.79 Å². The van der Waals surface area contributed by atoms with Gasteiger partial charge >= 0.3 is 5.97 Å². The highest BCUT2D eigenvalue weighted by atomic mass is 32.2. The zero-order valence-corrected chi connectivity index (χ0v) is 19.3. The van der Waals surface area contributed by atoms with Gasteiger partial charge in [-0.25, -0.2) is 17.9 Å². The molecule has 2 rings (SSSR count). The van der Waals surface area contributed by atoms with E-state index in [9.17, 15) is 18.0 Å². The molecule has 2 N–H and O–H groups in total. The number of nitrogens with one attached hydrogen (secondary N) is 2. The molecule has 0 aliphatic rings. The molecule has 31 heavy (non-hydrogen) atoms. The van der Waals surface area contributed by atoms with Gasteiger partial charge in [-0.2, -0.15) is 0 Å². The minimum absolute atomic E-state index is 0.0603. The number of esters is 1. The van der Waals surface area contributed by atoms with Gasteiger partial charge in [0.25, 0.3) is 5.91 Å². The summed E-state index contributed by atoms with van der Waals surface area (Å²) in [4.78, 5) is 25.3.